The molecule has 0 unspecified atom stereocenters. The molecule has 144 valence electrons. The lowest BCUT2D eigenvalue weighted by atomic mass is 10.1. The Morgan fingerprint density at radius 2 is 1.21 bits per heavy atom. The van der Waals surface area contributed by atoms with E-state index < -0.39 is 0 Å². The highest BCUT2D eigenvalue weighted by atomic mass is 16.5. The lowest BCUT2D eigenvalue weighted by Gasteiger charge is -2.32. The number of ether oxygens (including phenoxy) is 1. The van der Waals surface area contributed by atoms with Crippen molar-refractivity contribution in [2.75, 3.05) is 19.7 Å². The van der Waals surface area contributed by atoms with E-state index in [2.05, 4.69) is 102 Å². The first-order chi connectivity index (χ1) is 13.8. The molecular weight excluding hydrogens is 344 g/mol. The lowest BCUT2D eigenvalue weighted by Crippen LogP contribution is -2.31. The fraction of sp³-hybridized carbons (Fsp3) is 0.280. The second kappa shape index (κ2) is 9.05. The van der Waals surface area contributed by atoms with Gasteiger partial charge in [0.2, 0.25) is 0 Å². The predicted octanol–water partition coefficient (Wildman–Crippen LogP) is 5.10. The van der Waals surface area contributed by atoms with Gasteiger partial charge in [0.25, 0.3) is 0 Å². The Morgan fingerprint density at radius 3 is 1.75 bits per heavy atom. The van der Waals surface area contributed by atoms with Gasteiger partial charge in [-0.3, -0.25) is 9.80 Å². The van der Waals surface area contributed by atoms with Gasteiger partial charge in [0.15, 0.2) is 0 Å². The quantitative estimate of drug-likeness (QED) is 0.574. The molecular formula is C25H28N2O. The van der Waals surface area contributed by atoms with E-state index >= 15 is 0 Å². The Hall–Kier alpha value is -2.62. The number of rotatable bonds is 7. The molecule has 0 spiro atoms. The van der Waals surface area contributed by atoms with E-state index in [1.807, 2.05) is 0 Å². The van der Waals surface area contributed by atoms with Crippen molar-refractivity contribution in [2.45, 2.75) is 26.2 Å². The third-order valence-electron chi connectivity index (χ3n) is 5.32. The van der Waals surface area contributed by atoms with Crippen molar-refractivity contribution in [3.63, 3.8) is 0 Å². The monoisotopic (exact) mass is 372 g/mol. The largest absolute Gasteiger partial charge is 0.493 e. The molecule has 1 aliphatic rings. The van der Waals surface area contributed by atoms with Gasteiger partial charge in [-0.1, -0.05) is 78.9 Å². The van der Waals surface area contributed by atoms with Crippen LogP contribution in [-0.4, -0.2) is 29.5 Å². The van der Waals surface area contributed by atoms with Gasteiger partial charge in [0, 0.05) is 31.7 Å². The van der Waals surface area contributed by atoms with Gasteiger partial charge in [-0.2, -0.15) is 0 Å². The number of hydrogen-bond donors (Lipinski definition) is 0. The molecule has 1 saturated heterocycles. The van der Waals surface area contributed by atoms with Crippen LogP contribution in [0.2, 0.25) is 0 Å². The van der Waals surface area contributed by atoms with Crippen LogP contribution in [0.1, 0.15) is 29.8 Å². The van der Waals surface area contributed by atoms with Gasteiger partial charge in [0.1, 0.15) is 5.75 Å². The zero-order chi connectivity index (χ0) is 19.2. The average Bonchev–Trinajstić information content (AvgIpc) is 3.12. The highest BCUT2D eigenvalue weighted by molar-refractivity contribution is 5.36. The van der Waals surface area contributed by atoms with E-state index in [0.29, 0.717) is 6.61 Å². The van der Waals surface area contributed by atoms with Crippen LogP contribution < -0.4 is 4.74 Å². The van der Waals surface area contributed by atoms with Gasteiger partial charge in [-0.25, -0.2) is 0 Å². The van der Waals surface area contributed by atoms with Crippen LogP contribution in [0.25, 0.3) is 0 Å². The average molecular weight is 373 g/mol. The fourth-order valence-electron chi connectivity index (χ4n) is 4.07. The molecule has 1 aliphatic heterocycles. The van der Waals surface area contributed by atoms with Crippen molar-refractivity contribution in [2.24, 2.45) is 0 Å². The maximum atomic E-state index is 5.99. The molecule has 0 N–H and O–H groups in total. The first kappa shape index (κ1) is 18.7. The van der Waals surface area contributed by atoms with Crippen LogP contribution >= 0.6 is 0 Å². The number of para-hydroxylation sites is 1. The van der Waals surface area contributed by atoms with Crippen molar-refractivity contribution < 1.29 is 4.74 Å². The van der Waals surface area contributed by atoms with E-state index in [0.717, 1.165) is 31.9 Å². The third kappa shape index (κ3) is 4.27. The van der Waals surface area contributed by atoms with Crippen molar-refractivity contribution in [3.8, 4) is 5.75 Å². The fourth-order valence-corrected chi connectivity index (χ4v) is 4.07. The standard InChI is InChI=1S/C25H28N2O/c1-2-28-24-16-10-9-15-23(24)25-26(19-21-11-5-3-6-12-21)17-18-27(25)20-22-13-7-4-8-14-22/h3-16,25H,2,17-20H2,1H3. The molecule has 1 heterocycles. The van der Waals surface area contributed by atoms with Crippen molar-refractivity contribution >= 4 is 0 Å². The van der Waals surface area contributed by atoms with E-state index in [1.165, 1.54) is 16.7 Å². The molecule has 3 heteroatoms. The van der Waals surface area contributed by atoms with E-state index in [-0.39, 0.29) is 6.17 Å². The van der Waals surface area contributed by atoms with Crippen LogP contribution in [0, 0.1) is 0 Å². The van der Waals surface area contributed by atoms with Gasteiger partial charge in [-0.05, 0) is 24.1 Å². The summed E-state index contributed by atoms with van der Waals surface area (Å²) in [5, 5.41) is 0. The molecule has 3 nitrogen and oxygen atoms in total. The Balaban J connectivity index is 1.65. The van der Waals surface area contributed by atoms with Crippen molar-refractivity contribution in [3.05, 3.63) is 102 Å². The van der Waals surface area contributed by atoms with Gasteiger partial charge < -0.3 is 4.74 Å². The number of benzene rings is 3. The normalized spacial score (nSPS) is 15.8. The maximum absolute atomic E-state index is 5.99. The second-order valence-corrected chi connectivity index (χ2v) is 7.26. The summed E-state index contributed by atoms with van der Waals surface area (Å²) in [6.45, 7) is 6.71. The zero-order valence-electron chi connectivity index (χ0n) is 16.5. The summed E-state index contributed by atoms with van der Waals surface area (Å²) in [5.74, 6) is 0.994. The Morgan fingerprint density at radius 1 is 0.714 bits per heavy atom. The van der Waals surface area contributed by atoms with Gasteiger partial charge in [0.05, 0.1) is 12.8 Å². The van der Waals surface area contributed by atoms with E-state index in [9.17, 15) is 0 Å². The molecule has 3 aromatic rings. The van der Waals surface area contributed by atoms with Crippen LogP contribution in [0.15, 0.2) is 84.9 Å². The van der Waals surface area contributed by atoms with Gasteiger partial charge in [-0.15, -0.1) is 0 Å². The summed E-state index contributed by atoms with van der Waals surface area (Å²) in [5.41, 5.74) is 3.96. The Labute approximate surface area is 168 Å². The summed E-state index contributed by atoms with van der Waals surface area (Å²) in [7, 11) is 0. The first-order valence-electron chi connectivity index (χ1n) is 10.1. The molecule has 0 aliphatic carbocycles. The minimum Gasteiger partial charge on any atom is -0.493 e. The smallest absolute Gasteiger partial charge is 0.125 e. The molecule has 4 rings (SSSR count). The zero-order valence-corrected chi connectivity index (χ0v) is 16.5. The van der Waals surface area contributed by atoms with Crippen molar-refractivity contribution in [1.29, 1.82) is 0 Å². The summed E-state index contributed by atoms with van der Waals surface area (Å²) in [4.78, 5) is 5.13. The van der Waals surface area contributed by atoms with E-state index in [1.54, 1.807) is 0 Å². The van der Waals surface area contributed by atoms with Gasteiger partial charge >= 0.3 is 0 Å². The molecule has 0 bridgehead atoms. The van der Waals surface area contributed by atoms with Crippen LogP contribution in [0.4, 0.5) is 0 Å². The lowest BCUT2D eigenvalue weighted by molar-refractivity contribution is 0.122. The molecule has 3 aromatic carbocycles. The number of nitrogens with zero attached hydrogens (tertiary/aromatic N) is 2. The molecule has 0 radical (unpaired) electrons. The number of hydrogen-bond acceptors (Lipinski definition) is 3. The maximum Gasteiger partial charge on any atom is 0.125 e. The molecule has 0 aromatic heterocycles. The molecule has 0 atom stereocenters. The Bertz CT molecular complexity index is 816. The molecule has 0 saturated carbocycles. The van der Waals surface area contributed by atoms with E-state index in [4.69, 9.17) is 4.74 Å². The summed E-state index contributed by atoms with van der Waals surface area (Å²) >= 11 is 0. The van der Waals surface area contributed by atoms with Crippen LogP contribution in [0.5, 0.6) is 5.75 Å². The summed E-state index contributed by atoms with van der Waals surface area (Å²) < 4.78 is 5.99. The second-order valence-electron chi connectivity index (χ2n) is 7.26. The third-order valence-corrected chi connectivity index (χ3v) is 5.32. The van der Waals surface area contributed by atoms with Crippen molar-refractivity contribution in [1.82, 2.24) is 9.80 Å². The van der Waals surface area contributed by atoms with Crippen LogP contribution in [-0.2, 0) is 13.1 Å². The Kier molecular flexibility index (Phi) is 6.05. The van der Waals surface area contributed by atoms with Crippen LogP contribution in [0.3, 0.4) is 0 Å². The highest BCUT2D eigenvalue weighted by Gasteiger charge is 2.34. The highest BCUT2D eigenvalue weighted by Crippen LogP contribution is 2.37. The molecule has 1 fully saturated rings. The first-order valence-corrected chi connectivity index (χ1v) is 10.1. The molecule has 28 heavy (non-hydrogen) atoms. The minimum atomic E-state index is 0.211. The molecule has 0 amide bonds. The predicted molar refractivity (Wildman–Crippen MR) is 114 cm³/mol. The summed E-state index contributed by atoms with van der Waals surface area (Å²) in [6.07, 6.45) is 0.211. The SMILES string of the molecule is CCOc1ccccc1C1N(Cc2ccccc2)CCN1Cc1ccccc1. The topological polar surface area (TPSA) is 15.7 Å². The minimum absolute atomic E-state index is 0.211. The summed E-state index contributed by atoms with van der Waals surface area (Å²) in [6, 6.07) is 30.0.